The van der Waals surface area contributed by atoms with E-state index in [4.69, 9.17) is 10.8 Å². The molecule has 1 unspecified atom stereocenters. The van der Waals surface area contributed by atoms with E-state index < -0.39 is 17.6 Å². The van der Waals surface area contributed by atoms with Crippen molar-refractivity contribution in [3.63, 3.8) is 0 Å². The van der Waals surface area contributed by atoms with E-state index in [1.807, 2.05) is 0 Å². The molecule has 2 aliphatic heterocycles. The fourth-order valence-corrected chi connectivity index (χ4v) is 2.12. The largest absolute Gasteiger partial charge is 0.480 e. The van der Waals surface area contributed by atoms with Gasteiger partial charge in [-0.05, 0) is 6.42 Å². The Labute approximate surface area is 103 Å². The molecule has 2 heterocycles. The van der Waals surface area contributed by atoms with Gasteiger partial charge in [0.25, 0.3) is 0 Å². The Bertz CT molecular complexity index is 399. The molecule has 3 N–H and O–H groups in total. The highest BCUT2D eigenvalue weighted by Crippen LogP contribution is 2.19. The first-order chi connectivity index (χ1) is 8.42. The van der Waals surface area contributed by atoms with Gasteiger partial charge in [0.05, 0.1) is 13.1 Å². The van der Waals surface area contributed by atoms with Crippen LogP contribution in [-0.2, 0) is 14.3 Å². The third-order valence-corrected chi connectivity index (χ3v) is 3.23. The lowest BCUT2D eigenvalue weighted by molar-refractivity contribution is -0.143. The number of aliphatic carboxylic acids is 1. The maximum Gasteiger partial charge on any atom is 0.416 e. The van der Waals surface area contributed by atoms with Crippen molar-refractivity contribution >= 4 is 18.0 Å². The van der Waals surface area contributed by atoms with Gasteiger partial charge in [-0.2, -0.15) is 0 Å². The number of cyclic esters (lactones) is 1. The maximum absolute atomic E-state index is 11.8. The summed E-state index contributed by atoms with van der Waals surface area (Å²) in [5, 5.41) is 8.96. The molecule has 8 nitrogen and oxygen atoms in total. The molecule has 1 atom stereocenters. The van der Waals surface area contributed by atoms with Crippen LogP contribution < -0.4 is 5.73 Å². The number of ether oxygens (including phenoxy) is 1. The maximum atomic E-state index is 11.8. The first kappa shape index (κ1) is 12.8. The third-order valence-electron chi connectivity index (χ3n) is 3.23. The first-order valence-corrected chi connectivity index (χ1v) is 5.64. The van der Waals surface area contributed by atoms with Gasteiger partial charge >= 0.3 is 12.1 Å². The summed E-state index contributed by atoms with van der Waals surface area (Å²) in [5.41, 5.74) is 4.39. The summed E-state index contributed by atoms with van der Waals surface area (Å²) in [6, 6.07) is 0. The fourth-order valence-electron chi connectivity index (χ4n) is 2.12. The molecule has 0 radical (unpaired) electrons. The number of carboxylic acid groups (broad SMARTS) is 1. The van der Waals surface area contributed by atoms with Crippen LogP contribution in [0.15, 0.2) is 0 Å². The predicted molar refractivity (Wildman–Crippen MR) is 58.7 cm³/mol. The summed E-state index contributed by atoms with van der Waals surface area (Å²) < 4.78 is 4.66. The molecule has 2 saturated heterocycles. The summed E-state index contributed by atoms with van der Waals surface area (Å²) in [6.45, 7) is 0.981. The van der Waals surface area contributed by atoms with E-state index in [2.05, 4.69) is 4.74 Å². The average Bonchev–Trinajstić information content (AvgIpc) is 2.86. The lowest BCUT2D eigenvalue weighted by Gasteiger charge is -2.20. The molecule has 0 aromatic carbocycles. The quantitative estimate of drug-likeness (QED) is 0.629. The number of nitrogens with zero attached hydrogens (tertiary/aromatic N) is 2. The van der Waals surface area contributed by atoms with Gasteiger partial charge in [0.15, 0.2) is 0 Å². The van der Waals surface area contributed by atoms with Crippen molar-refractivity contribution in [2.75, 3.05) is 32.8 Å². The number of nitrogens with two attached hydrogens (primary N) is 1. The summed E-state index contributed by atoms with van der Waals surface area (Å²) in [6.07, 6.45) is -0.350. The van der Waals surface area contributed by atoms with Crippen LogP contribution >= 0.6 is 0 Å². The van der Waals surface area contributed by atoms with E-state index in [-0.39, 0.29) is 32.1 Å². The molecule has 8 heteroatoms. The van der Waals surface area contributed by atoms with Gasteiger partial charge in [-0.1, -0.05) is 0 Å². The molecule has 0 saturated carbocycles. The third kappa shape index (κ3) is 2.29. The number of hydrogen-bond donors (Lipinski definition) is 2. The number of hydrogen-bond acceptors (Lipinski definition) is 6. The summed E-state index contributed by atoms with van der Waals surface area (Å²) in [7, 11) is 0. The zero-order chi connectivity index (χ0) is 13.3. The molecule has 2 amide bonds. The van der Waals surface area contributed by atoms with Crippen molar-refractivity contribution in [3.05, 3.63) is 0 Å². The van der Waals surface area contributed by atoms with Gasteiger partial charge in [-0.3, -0.25) is 14.5 Å². The number of rotatable bonds is 3. The Kier molecular flexibility index (Phi) is 3.22. The number of carbonyl (C=O) groups is 3. The Morgan fingerprint density at radius 2 is 2.17 bits per heavy atom. The molecule has 0 aliphatic carbocycles. The van der Waals surface area contributed by atoms with Crippen molar-refractivity contribution in [1.82, 2.24) is 9.80 Å². The summed E-state index contributed by atoms with van der Waals surface area (Å²) >= 11 is 0. The lowest BCUT2D eigenvalue weighted by atomic mass is 10.0. The Hall–Kier alpha value is -1.67. The van der Waals surface area contributed by atoms with E-state index in [0.29, 0.717) is 13.0 Å². The van der Waals surface area contributed by atoms with Gasteiger partial charge in [0.1, 0.15) is 12.1 Å². The minimum absolute atomic E-state index is 0.0126. The topological polar surface area (TPSA) is 113 Å². The van der Waals surface area contributed by atoms with Crippen molar-refractivity contribution in [3.8, 4) is 0 Å². The van der Waals surface area contributed by atoms with Crippen molar-refractivity contribution in [1.29, 1.82) is 0 Å². The molecule has 2 aliphatic rings. The first-order valence-electron chi connectivity index (χ1n) is 5.64. The zero-order valence-electron chi connectivity index (χ0n) is 9.79. The minimum atomic E-state index is -1.30. The van der Waals surface area contributed by atoms with Gasteiger partial charge in [-0.15, -0.1) is 0 Å². The van der Waals surface area contributed by atoms with Crippen LogP contribution in [0.3, 0.4) is 0 Å². The molecule has 100 valence electrons. The summed E-state index contributed by atoms with van der Waals surface area (Å²) in [4.78, 5) is 36.6. The second kappa shape index (κ2) is 4.54. The highest BCUT2D eigenvalue weighted by Gasteiger charge is 2.42. The molecule has 0 bridgehead atoms. The Morgan fingerprint density at radius 3 is 2.67 bits per heavy atom. The second-order valence-corrected chi connectivity index (χ2v) is 4.58. The molecule has 18 heavy (non-hydrogen) atoms. The normalized spacial score (nSPS) is 28.5. The van der Waals surface area contributed by atoms with Crippen molar-refractivity contribution < 1.29 is 24.2 Å². The van der Waals surface area contributed by atoms with E-state index in [0.717, 1.165) is 4.90 Å². The van der Waals surface area contributed by atoms with E-state index in [9.17, 15) is 14.4 Å². The van der Waals surface area contributed by atoms with E-state index in [1.54, 1.807) is 4.90 Å². The highest BCUT2D eigenvalue weighted by molar-refractivity contribution is 5.94. The molecule has 0 aromatic heterocycles. The molecule has 2 fully saturated rings. The SMILES string of the molecule is NC1(C(=O)O)CCN(CC(=O)N2CCOC2=O)C1. The van der Waals surface area contributed by atoms with Crippen molar-refractivity contribution in [2.45, 2.75) is 12.0 Å². The van der Waals surface area contributed by atoms with E-state index in [1.165, 1.54) is 0 Å². The van der Waals surface area contributed by atoms with E-state index >= 15 is 0 Å². The second-order valence-electron chi connectivity index (χ2n) is 4.58. The number of carbonyl (C=O) groups excluding carboxylic acids is 2. The van der Waals surface area contributed by atoms with Crippen LogP contribution in [0.4, 0.5) is 4.79 Å². The fraction of sp³-hybridized carbons (Fsp3) is 0.700. The van der Waals surface area contributed by atoms with Gasteiger partial charge in [0.2, 0.25) is 5.91 Å². The summed E-state index contributed by atoms with van der Waals surface area (Å²) in [5.74, 6) is -1.45. The van der Waals surface area contributed by atoms with Gasteiger partial charge in [0, 0.05) is 13.1 Å². The zero-order valence-corrected chi connectivity index (χ0v) is 9.79. The molecule has 0 spiro atoms. The highest BCUT2D eigenvalue weighted by atomic mass is 16.6. The number of amides is 2. The van der Waals surface area contributed by atoms with Crippen LogP contribution in [0, 0.1) is 0 Å². The average molecular weight is 257 g/mol. The smallest absolute Gasteiger partial charge is 0.416 e. The van der Waals surface area contributed by atoms with Crippen LogP contribution in [0.5, 0.6) is 0 Å². The monoisotopic (exact) mass is 257 g/mol. The standard InChI is InChI=1S/C10H15N3O5/c11-10(8(15)16)1-2-12(6-10)5-7(14)13-3-4-18-9(13)17/h1-6,11H2,(H,15,16). The van der Waals surface area contributed by atoms with Crippen LogP contribution in [0.25, 0.3) is 0 Å². The van der Waals surface area contributed by atoms with Crippen molar-refractivity contribution in [2.24, 2.45) is 5.73 Å². The van der Waals surface area contributed by atoms with Gasteiger partial charge < -0.3 is 15.6 Å². The minimum Gasteiger partial charge on any atom is -0.480 e. The predicted octanol–water partition coefficient (Wildman–Crippen LogP) is -1.55. The number of imide groups is 1. The Balaban J connectivity index is 1.90. The van der Waals surface area contributed by atoms with Crippen LogP contribution in [0.2, 0.25) is 0 Å². The molecule has 2 rings (SSSR count). The van der Waals surface area contributed by atoms with Gasteiger partial charge in [-0.25, -0.2) is 9.69 Å². The lowest BCUT2D eigenvalue weighted by Crippen LogP contribution is -2.51. The van der Waals surface area contributed by atoms with Crippen LogP contribution in [0.1, 0.15) is 6.42 Å². The molecular formula is C10H15N3O5. The number of likely N-dealkylation sites (tertiary alicyclic amines) is 1. The molecular weight excluding hydrogens is 242 g/mol. The van der Waals surface area contributed by atoms with Crippen LogP contribution in [-0.4, -0.2) is 71.2 Å². The number of carboxylic acids is 1. The molecule has 0 aromatic rings. The Morgan fingerprint density at radius 1 is 1.44 bits per heavy atom.